The number of fused-ring (bicyclic) bond motifs is 2. The normalized spacial score (nSPS) is 26.4. The average molecular weight is 723 g/mol. The molecule has 2 aliphatic heterocycles. The summed E-state index contributed by atoms with van der Waals surface area (Å²) in [4.78, 5) is 61.8. The zero-order chi connectivity index (χ0) is 38.1. The SMILES string of the molecule is CC(C)C1CCC(C(C)C)C(N2C(=O)c3ccc4c5ccc6c7c(ccc(c8ccc(c3c48)C2=O)c75)C(=O)N(C2CC(C(C)C)CCC2C(C)C)C6=O)C1. The van der Waals surface area contributed by atoms with Gasteiger partial charge in [0, 0.05) is 45.1 Å². The van der Waals surface area contributed by atoms with Crippen molar-refractivity contribution in [1.29, 1.82) is 0 Å². The van der Waals surface area contributed by atoms with Gasteiger partial charge in [0.05, 0.1) is 0 Å². The summed E-state index contributed by atoms with van der Waals surface area (Å²) in [6, 6.07) is 15.5. The van der Waals surface area contributed by atoms with Crippen LogP contribution in [0.15, 0.2) is 48.5 Å². The summed E-state index contributed by atoms with van der Waals surface area (Å²) in [5, 5.41) is 6.99. The quantitative estimate of drug-likeness (QED) is 0.0993. The van der Waals surface area contributed by atoms with Gasteiger partial charge in [-0.1, -0.05) is 79.7 Å². The minimum Gasteiger partial charge on any atom is -0.271 e. The van der Waals surface area contributed by atoms with E-state index in [-0.39, 0.29) is 47.5 Å². The van der Waals surface area contributed by atoms with Gasteiger partial charge in [-0.15, -0.1) is 0 Å². The summed E-state index contributed by atoms with van der Waals surface area (Å²) >= 11 is 0. The maximum absolute atomic E-state index is 14.6. The lowest BCUT2D eigenvalue weighted by atomic mass is 9.69. The number of rotatable bonds is 6. The van der Waals surface area contributed by atoms with Crippen molar-refractivity contribution < 1.29 is 19.2 Å². The lowest BCUT2D eigenvalue weighted by Gasteiger charge is -2.46. The van der Waals surface area contributed by atoms with E-state index in [2.05, 4.69) is 55.4 Å². The van der Waals surface area contributed by atoms with Gasteiger partial charge in [-0.3, -0.25) is 29.0 Å². The van der Waals surface area contributed by atoms with Crippen LogP contribution < -0.4 is 0 Å². The van der Waals surface area contributed by atoms with E-state index in [0.717, 1.165) is 81.6 Å². The molecule has 9 rings (SSSR count). The number of benzene rings is 5. The highest BCUT2D eigenvalue weighted by Crippen LogP contribution is 2.49. The second-order valence-corrected chi connectivity index (χ2v) is 18.7. The largest absolute Gasteiger partial charge is 0.271 e. The number of carbonyl (C=O) groups is 4. The topological polar surface area (TPSA) is 74.8 Å². The highest BCUT2D eigenvalue weighted by Gasteiger charge is 2.47. The van der Waals surface area contributed by atoms with Crippen LogP contribution in [-0.4, -0.2) is 45.5 Å². The van der Waals surface area contributed by atoms with E-state index < -0.39 is 0 Å². The molecule has 4 amide bonds. The van der Waals surface area contributed by atoms with Crippen molar-refractivity contribution in [2.75, 3.05) is 0 Å². The van der Waals surface area contributed by atoms with Crippen LogP contribution in [0.2, 0.25) is 0 Å². The molecule has 54 heavy (non-hydrogen) atoms. The highest BCUT2D eigenvalue weighted by atomic mass is 16.2. The van der Waals surface area contributed by atoms with Gasteiger partial charge >= 0.3 is 0 Å². The van der Waals surface area contributed by atoms with E-state index >= 15 is 0 Å². The fraction of sp³-hybridized carbons (Fsp3) is 0.500. The Bertz CT molecular complexity index is 2120. The van der Waals surface area contributed by atoms with E-state index in [1.165, 1.54) is 0 Å². The summed E-state index contributed by atoms with van der Waals surface area (Å²) in [6.07, 6.45) is 6.00. The third-order valence-corrected chi connectivity index (χ3v) is 14.8. The fourth-order valence-corrected chi connectivity index (χ4v) is 11.7. The van der Waals surface area contributed by atoms with Crippen molar-refractivity contribution in [2.24, 2.45) is 47.3 Å². The van der Waals surface area contributed by atoms with Crippen molar-refractivity contribution in [3.8, 4) is 0 Å². The van der Waals surface area contributed by atoms with E-state index in [9.17, 15) is 19.2 Å². The Hall–Kier alpha value is -4.32. The summed E-state index contributed by atoms with van der Waals surface area (Å²) in [5.74, 6) is 2.44. The first kappa shape index (κ1) is 35.4. The van der Waals surface area contributed by atoms with Crippen LogP contribution in [0.1, 0.15) is 135 Å². The Kier molecular flexibility index (Phi) is 8.26. The molecule has 0 spiro atoms. The predicted octanol–water partition coefficient (Wildman–Crippen LogP) is 11.1. The van der Waals surface area contributed by atoms with Gasteiger partial charge in [0.15, 0.2) is 0 Å². The molecular formula is C48H54N2O4. The number of imide groups is 2. The lowest BCUT2D eigenvalue weighted by Crippen LogP contribution is -2.53. The molecule has 5 aromatic rings. The molecule has 6 heteroatoms. The Balaban J connectivity index is 1.19. The average Bonchev–Trinajstić information content (AvgIpc) is 3.15. The Labute approximate surface area is 318 Å². The minimum atomic E-state index is -0.189. The maximum atomic E-state index is 14.6. The molecule has 5 aromatic carbocycles. The summed E-state index contributed by atoms with van der Waals surface area (Å²) in [5.41, 5.74) is 2.34. The van der Waals surface area contributed by atoms with Gasteiger partial charge in [0.1, 0.15) is 0 Å². The van der Waals surface area contributed by atoms with Crippen molar-refractivity contribution in [2.45, 2.75) is 106 Å². The summed E-state index contributed by atoms with van der Waals surface area (Å²) < 4.78 is 0. The van der Waals surface area contributed by atoms with Crippen molar-refractivity contribution in [3.05, 3.63) is 70.8 Å². The highest BCUT2D eigenvalue weighted by molar-refractivity contribution is 6.41. The molecule has 0 radical (unpaired) electrons. The smallest absolute Gasteiger partial charge is 0.261 e. The monoisotopic (exact) mass is 722 g/mol. The van der Waals surface area contributed by atoms with Crippen LogP contribution in [0, 0.1) is 47.3 Å². The molecular weight excluding hydrogens is 669 g/mol. The molecule has 280 valence electrons. The van der Waals surface area contributed by atoms with Gasteiger partial charge in [0.25, 0.3) is 23.6 Å². The van der Waals surface area contributed by atoms with Gasteiger partial charge in [-0.05, 0) is 142 Å². The minimum absolute atomic E-state index is 0.131. The molecule has 2 fully saturated rings. The molecule has 0 bridgehead atoms. The van der Waals surface area contributed by atoms with E-state index in [1.54, 1.807) is 9.80 Å². The van der Waals surface area contributed by atoms with E-state index in [1.807, 2.05) is 48.5 Å². The molecule has 6 nitrogen and oxygen atoms in total. The Morgan fingerprint density at radius 2 is 0.704 bits per heavy atom. The van der Waals surface area contributed by atoms with Crippen LogP contribution in [0.5, 0.6) is 0 Å². The molecule has 6 unspecified atom stereocenters. The molecule has 0 aromatic heterocycles. The lowest BCUT2D eigenvalue weighted by molar-refractivity contribution is 0.0267. The van der Waals surface area contributed by atoms with Crippen LogP contribution in [-0.2, 0) is 0 Å². The molecule has 2 aliphatic carbocycles. The third-order valence-electron chi connectivity index (χ3n) is 14.8. The van der Waals surface area contributed by atoms with Gasteiger partial charge in [-0.2, -0.15) is 0 Å². The number of hydrogen-bond donors (Lipinski definition) is 0. The van der Waals surface area contributed by atoms with Crippen LogP contribution in [0.3, 0.4) is 0 Å². The first-order chi connectivity index (χ1) is 25.8. The fourth-order valence-electron chi connectivity index (χ4n) is 11.7. The predicted molar refractivity (Wildman–Crippen MR) is 217 cm³/mol. The second kappa shape index (κ2) is 12.6. The molecule has 0 saturated heterocycles. The number of hydrogen-bond acceptors (Lipinski definition) is 4. The molecule has 6 atom stereocenters. The van der Waals surface area contributed by atoms with Crippen molar-refractivity contribution >= 4 is 66.7 Å². The maximum Gasteiger partial charge on any atom is 0.261 e. The van der Waals surface area contributed by atoms with Gasteiger partial charge < -0.3 is 0 Å². The van der Waals surface area contributed by atoms with Crippen molar-refractivity contribution in [3.63, 3.8) is 0 Å². The molecule has 2 heterocycles. The van der Waals surface area contributed by atoms with Gasteiger partial charge in [0.2, 0.25) is 0 Å². The zero-order valence-corrected chi connectivity index (χ0v) is 33.2. The first-order valence-electron chi connectivity index (χ1n) is 20.8. The van der Waals surface area contributed by atoms with Crippen molar-refractivity contribution in [1.82, 2.24) is 9.80 Å². The first-order valence-corrected chi connectivity index (χ1v) is 20.8. The van der Waals surface area contributed by atoms with Crippen LogP contribution in [0.25, 0.3) is 43.1 Å². The molecule has 4 aliphatic rings. The third kappa shape index (κ3) is 4.90. The zero-order valence-electron chi connectivity index (χ0n) is 33.2. The summed E-state index contributed by atoms with van der Waals surface area (Å²) in [6.45, 7) is 17.9. The summed E-state index contributed by atoms with van der Waals surface area (Å²) in [7, 11) is 0. The Morgan fingerprint density at radius 3 is 0.963 bits per heavy atom. The second-order valence-electron chi connectivity index (χ2n) is 18.7. The van der Waals surface area contributed by atoms with Crippen LogP contribution in [0.4, 0.5) is 0 Å². The van der Waals surface area contributed by atoms with Crippen LogP contribution >= 0.6 is 0 Å². The van der Waals surface area contributed by atoms with Gasteiger partial charge in [-0.25, -0.2) is 0 Å². The molecule has 2 saturated carbocycles. The standard InChI is InChI=1S/C48H54N2O4/c1-23(2)27-9-11-29(25(5)6)39(21-27)49-45(51)35-17-13-31-33-15-19-37-44-38(20-16-34(42(33)44)32-14-18-36(46(49)52)43(35)41(31)32)48(54)50(47(37)53)40-22-28(24(3)4)10-12-30(40)26(7)8/h13-20,23-30,39-40H,9-12,21-22H2,1-8H3. The van der Waals surface area contributed by atoms with E-state index in [0.29, 0.717) is 57.8 Å². The van der Waals surface area contributed by atoms with E-state index in [4.69, 9.17) is 0 Å². The number of nitrogens with zero attached hydrogens (tertiary/aromatic N) is 2. The number of carbonyl (C=O) groups excluding carboxylic acids is 4. The Morgan fingerprint density at radius 1 is 0.407 bits per heavy atom. The molecule has 0 N–H and O–H groups in total. The number of amides is 4.